The van der Waals surface area contributed by atoms with E-state index in [4.69, 9.17) is 15.0 Å². The zero-order valence-corrected chi connectivity index (χ0v) is 25.6. The van der Waals surface area contributed by atoms with Gasteiger partial charge in [-0.15, -0.1) is 0 Å². The van der Waals surface area contributed by atoms with Gasteiger partial charge in [0, 0.05) is 36.2 Å². The lowest BCUT2D eigenvalue weighted by atomic mass is 9.81. The van der Waals surface area contributed by atoms with Crippen molar-refractivity contribution in [1.82, 2.24) is 24.1 Å². The van der Waals surface area contributed by atoms with Crippen molar-refractivity contribution in [2.24, 2.45) is 14.1 Å². The summed E-state index contributed by atoms with van der Waals surface area (Å²) in [6.07, 6.45) is 0. The molecular weight excluding hydrogens is 554 g/mol. The van der Waals surface area contributed by atoms with Gasteiger partial charge in [-0.3, -0.25) is 9.13 Å². The van der Waals surface area contributed by atoms with Crippen molar-refractivity contribution in [2.75, 3.05) is 0 Å². The molecule has 7 aromatic rings. The van der Waals surface area contributed by atoms with Crippen molar-refractivity contribution in [1.29, 1.82) is 0 Å². The van der Waals surface area contributed by atoms with Crippen molar-refractivity contribution in [3.63, 3.8) is 0 Å². The van der Waals surface area contributed by atoms with Crippen LogP contribution in [0.3, 0.4) is 0 Å². The van der Waals surface area contributed by atoms with Crippen LogP contribution in [0.2, 0.25) is 0 Å². The van der Waals surface area contributed by atoms with E-state index in [2.05, 4.69) is 62.4 Å². The third-order valence-electron chi connectivity index (χ3n) is 9.24. The molecule has 0 saturated carbocycles. The summed E-state index contributed by atoms with van der Waals surface area (Å²) in [4.78, 5) is 27.3. The first-order chi connectivity index (χ1) is 21.8. The second-order valence-electron chi connectivity index (χ2n) is 12.3. The molecule has 0 spiro atoms. The molecule has 1 aliphatic carbocycles. The van der Waals surface area contributed by atoms with Crippen LogP contribution in [0.4, 0.5) is 0 Å². The van der Waals surface area contributed by atoms with E-state index in [1.54, 1.807) is 9.13 Å². The van der Waals surface area contributed by atoms with Gasteiger partial charge in [0.25, 0.3) is 0 Å². The fourth-order valence-electron chi connectivity index (χ4n) is 6.68. The Morgan fingerprint density at radius 2 is 0.933 bits per heavy atom. The molecule has 6 heteroatoms. The normalized spacial score (nSPS) is 13.2. The van der Waals surface area contributed by atoms with E-state index in [1.807, 2.05) is 80.8 Å². The van der Waals surface area contributed by atoms with Crippen LogP contribution in [-0.2, 0) is 19.5 Å². The lowest BCUT2D eigenvalue weighted by molar-refractivity contribution is 0.661. The first-order valence-electron chi connectivity index (χ1n) is 15.1. The first-order valence-corrected chi connectivity index (χ1v) is 15.1. The Hall–Kier alpha value is -5.62. The molecule has 0 N–H and O–H groups in total. The second kappa shape index (κ2) is 9.96. The summed E-state index contributed by atoms with van der Waals surface area (Å²) in [5.74, 6) is 1.96. The molecule has 6 nitrogen and oxygen atoms in total. The smallest absolute Gasteiger partial charge is 0.295 e. The fraction of sp³-hybridized carbons (Fsp3) is 0.128. The Morgan fingerprint density at radius 3 is 1.51 bits per heavy atom. The Bertz CT molecular complexity index is 2270. The van der Waals surface area contributed by atoms with Crippen LogP contribution in [-0.4, -0.2) is 24.1 Å². The van der Waals surface area contributed by atoms with Crippen molar-refractivity contribution in [3.05, 3.63) is 137 Å². The van der Waals surface area contributed by atoms with E-state index in [9.17, 15) is 4.79 Å². The highest BCUT2D eigenvalue weighted by Gasteiger charge is 2.36. The van der Waals surface area contributed by atoms with E-state index in [0.717, 1.165) is 38.9 Å². The highest BCUT2D eigenvalue weighted by molar-refractivity contribution is 5.87. The van der Waals surface area contributed by atoms with Crippen molar-refractivity contribution in [2.45, 2.75) is 19.3 Å². The van der Waals surface area contributed by atoms with Crippen LogP contribution in [0.15, 0.2) is 120 Å². The van der Waals surface area contributed by atoms with Crippen LogP contribution in [0.1, 0.15) is 25.0 Å². The molecule has 0 fully saturated rings. The predicted octanol–water partition coefficient (Wildman–Crippen LogP) is 8.04. The van der Waals surface area contributed by atoms with E-state index >= 15 is 0 Å². The minimum Gasteiger partial charge on any atom is -0.295 e. The van der Waals surface area contributed by atoms with Crippen molar-refractivity contribution < 1.29 is 0 Å². The van der Waals surface area contributed by atoms with Gasteiger partial charge in [-0.05, 0) is 57.6 Å². The van der Waals surface area contributed by atoms with Gasteiger partial charge in [0.05, 0.1) is 11.0 Å². The van der Waals surface area contributed by atoms with Crippen LogP contribution >= 0.6 is 0 Å². The predicted molar refractivity (Wildman–Crippen MR) is 181 cm³/mol. The SMILES string of the molecule is Cn1c(=O)n(C)c2cc(-c3ccc4c(c3)C(C)(C)c3cc(-c5nc(-c6ccccc6)nc(-c6ccccc6)n5)ccc3-4)ccc21. The Kier molecular flexibility index (Phi) is 5.97. The Labute approximate surface area is 261 Å². The number of benzene rings is 5. The van der Waals surface area contributed by atoms with E-state index in [-0.39, 0.29) is 11.1 Å². The standard InChI is InChI=1S/C39H31N5O/c1-39(2)31-21-26(27-17-20-33-34(23-27)44(4)38(45)43(33)3)15-18-29(31)30-19-16-28(22-32(30)39)37-41-35(24-11-7-5-8-12-24)40-36(42-37)25-13-9-6-10-14-25/h5-23H,1-4H3. The molecule has 2 heterocycles. The van der Waals surface area contributed by atoms with E-state index in [1.165, 1.54) is 22.3 Å². The van der Waals surface area contributed by atoms with Gasteiger partial charge in [-0.25, -0.2) is 19.7 Å². The van der Waals surface area contributed by atoms with Gasteiger partial charge in [-0.1, -0.05) is 105 Å². The summed E-state index contributed by atoms with van der Waals surface area (Å²) in [6.45, 7) is 4.57. The van der Waals surface area contributed by atoms with Gasteiger partial charge in [0.15, 0.2) is 17.5 Å². The molecule has 218 valence electrons. The van der Waals surface area contributed by atoms with Gasteiger partial charge >= 0.3 is 5.69 Å². The number of nitrogens with zero attached hydrogens (tertiary/aromatic N) is 5. The summed E-state index contributed by atoms with van der Waals surface area (Å²) in [5.41, 5.74) is 11.7. The molecule has 0 bridgehead atoms. The third kappa shape index (κ3) is 4.25. The molecule has 5 aromatic carbocycles. The average molecular weight is 586 g/mol. The molecule has 1 aliphatic rings. The Morgan fingerprint density at radius 1 is 0.489 bits per heavy atom. The molecule has 0 radical (unpaired) electrons. The Balaban J connectivity index is 1.23. The van der Waals surface area contributed by atoms with Crippen LogP contribution in [0, 0.1) is 0 Å². The first kappa shape index (κ1) is 27.0. The maximum atomic E-state index is 12.5. The zero-order valence-electron chi connectivity index (χ0n) is 25.6. The minimum absolute atomic E-state index is 0.0200. The number of fused-ring (bicyclic) bond motifs is 4. The van der Waals surface area contributed by atoms with Gasteiger partial charge < -0.3 is 0 Å². The average Bonchev–Trinajstić information content (AvgIpc) is 3.45. The van der Waals surface area contributed by atoms with Gasteiger partial charge in [0.1, 0.15) is 0 Å². The monoisotopic (exact) mass is 585 g/mol. The molecule has 0 amide bonds. The van der Waals surface area contributed by atoms with Crippen LogP contribution in [0.5, 0.6) is 0 Å². The lowest BCUT2D eigenvalue weighted by Gasteiger charge is -2.22. The maximum absolute atomic E-state index is 12.5. The van der Waals surface area contributed by atoms with Gasteiger partial charge in [0.2, 0.25) is 0 Å². The number of hydrogen-bond acceptors (Lipinski definition) is 4. The second-order valence-corrected chi connectivity index (χ2v) is 12.3. The minimum atomic E-state index is -0.238. The van der Waals surface area contributed by atoms with E-state index < -0.39 is 0 Å². The van der Waals surface area contributed by atoms with Crippen LogP contribution < -0.4 is 5.69 Å². The summed E-state index contributed by atoms with van der Waals surface area (Å²) in [6, 6.07) is 39.7. The summed E-state index contributed by atoms with van der Waals surface area (Å²) in [5, 5.41) is 0. The van der Waals surface area contributed by atoms with Crippen LogP contribution in [0.25, 0.3) is 67.5 Å². The molecular formula is C39H31N5O. The van der Waals surface area contributed by atoms with Crippen molar-refractivity contribution in [3.8, 4) is 56.4 Å². The molecule has 0 saturated heterocycles. The fourth-order valence-corrected chi connectivity index (χ4v) is 6.68. The number of aryl methyl sites for hydroxylation is 2. The summed E-state index contributed by atoms with van der Waals surface area (Å²) < 4.78 is 3.40. The molecule has 0 atom stereocenters. The number of rotatable bonds is 4. The molecule has 2 aromatic heterocycles. The van der Waals surface area contributed by atoms with Gasteiger partial charge in [-0.2, -0.15) is 0 Å². The molecule has 0 unspecified atom stereocenters. The topological polar surface area (TPSA) is 65.6 Å². The molecule has 45 heavy (non-hydrogen) atoms. The lowest BCUT2D eigenvalue weighted by Crippen LogP contribution is -2.19. The molecule has 8 rings (SSSR count). The summed E-state index contributed by atoms with van der Waals surface area (Å²) in [7, 11) is 3.64. The quantitative estimate of drug-likeness (QED) is 0.210. The molecule has 0 aliphatic heterocycles. The third-order valence-corrected chi connectivity index (χ3v) is 9.24. The van der Waals surface area contributed by atoms with E-state index in [0.29, 0.717) is 17.5 Å². The highest BCUT2D eigenvalue weighted by atomic mass is 16.1. The maximum Gasteiger partial charge on any atom is 0.328 e. The zero-order chi connectivity index (χ0) is 30.9. The van der Waals surface area contributed by atoms with Crippen molar-refractivity contribution >= 4 is 11.0 Å². The largest absolute Gasteiger partial charge is 0.328 e. The number of aromatic nitrogens is 5. The number of imidazole rings is 1. The number of hydrogen-bond donors (Lipinski definition) is 0. The summed E-state index contributed by atoms with van der Waals surface area (Å²) >= 11 is 0. The highest BCUT2D eigenvalue weighted by Crippen LogP contribution is 2.50.